The minimum atomic E-state index is -3.80. The predicted octanol–water partition coefficient (Wildman–Crippen LogP) is 2.29. The highest BCUT2D eigenvalue weighted by Crippen LogP contribution is 2.25. The Morgan fingerprint density at radius 1 is 1.37 bits per heavy atom. The topological polar surface area (TPSA) is 63.4 Å². The van der Waals surface area contributed by atoms with E-state index < -0.39 is 15.8 Å². The molecule has 0 aliphatic carbocycles. The van der Waals surface area contributed by atoms with Crippen LogP contribution in [0.1, 0.15) is 5.56 Å². The SMILES string of the molecule is CN(Cc1ccsc1)S(=O)(=O)c1cccc(F)c1N. The summed E-state index contributed by atoms with van der Waals surface area (Å²) in [5.74, 6) is -0.731. The van der Waals surface area contributed by atoms with Crippen molar-refractivity contribution in [3.63, 3.8) is 0 Å². The lowest BCUT2D eigenvalue weighted by molar-refractivity contribution is 0.467. The van der Waals surface area contributed by atoms with E-state index in [4.69, 9.17) is 5.73 Å². The average Bonchev–Trinajstić information content (AvgIpc) is 2.85. The van der Waals surface area contributed by atoms with Crippen LogP contribution in [-0.2, 0) is 16.6 Å². The van der Waals surface area contributed by atoms with E-state index in [0.717, 1.165) is 15.9 Å². The number of benzene rings is 1. The van der Waals surface area contributed by atoms with Crippen molar-refractivity contribution in [2.75, 3.05) is 12.8 Å². The molecule has 0 bridgehead atoms. The molecule has 7 heteroatoms. The van der Waals surface area contributed by atoms with Gasteiger partial charge < -0.3 is 5.73 Å². The largest absolute Gasteiger partial charge is 0.395 e. The molecule has 1 aromatic heterocycles. The van der Waals surface area contributed by atoms with Crippen LogP contribution in [0.2, 0.25) is 0 Å². The van der Waals surface area contributed by atoms with Gasteiger partial charge >= 0.3 is 0 Å². The van der Waals surface area contributed by atoms with Crippen LogP contribution < -0.4 is 5.73 Å². The fourth-order valence-corrected chi connectivity index (χ4v) is 3.58. The molecular weight excluding hydrogens is 287 g/mol. The number of nitrogens with two attached hydrogens (primary N) is 1. The van der Waals surface area contributed by atoms with Gasteiger partial charge in [0.15, 0.2) is 0 Å². The molecule has 1 heterocycles. The molecule has 0 unspecified atom stereocenters. The van der Waals surface area contributed by atoms with Crippen molar-refractivity contribution in [3.8, 4) is 0 Å². The van der Waals surface area contributed by atoms with Crippen LogP contribution in [-0.4, -0.2) is 19.8 Å². The highest BCUT2D eigenvalue weighted by atomic mass is 32.2. The summed E-state index contributed by atoms with van der Waals surface area (Å²) in [5.41, 5.74) is 6.03. The monoisotopic (exact) mass is 300 g/mol. The Balaban J connectivity index is 2.34. The third-order valence-electron chi connectivity index (χ3n) is 2.69. The Morgan fingerprint density at radius 2 is 2.11 bits per heavy atom. The lowest BCUT2D eigenvalue weighted by Crippen LogP contribution is -2.27. The van der Waals surface area contributed by atoms with Crippen LogP contribution in [0.4, 0.5) is 10.1 Å². The number of para-hydroxylation sites is 1. The first-order valence-electron chi connectivity index (χ1n) is 5.44. The summed E-state index contributed by atoms with van der Waals surface area (Å²) in [6, 6.07) is 5.60. The Kier molecular flexibility index (Phi) is 3.88. The van der Waals surface area contributed by atoms with Crippen LogP contribution in [0.5, 0.6) is 0 Å². The summed E-state index contributed by atoms with van der Waals surface area (Å²) in [6.07, 6.45) is 0. The molecule has 0 saturated heterocycles. The molecule has 0 aliphatic rings. The zero-order valence-corrected chi connectivity index (χ0v) is 11.8. The van der Waals surface area contributed by atoms with E-state index in [1.165, 1.54) is 30.5 Å². The normalized spacial score (nSPS) is 11.9. The van der Waals surface area contributed by atoms with Gasteiger partial charge in [-0.1, -0.05) is 6.07 Å². The lowest BCUT2D eigenvalue weighted by atomic mass is 10.3. The molecule has 0 atom stereocenters. The Hall–Kier alpha value is -1.44. The summed E-state index contributed by atoms with van der Waals surface area (Å²) < 4.78 is 39.1. The van der Waals surface area contributed by atoms with Gasteiger partial charge in [0.25, 0.3) is 0 Å². The van der Waals surface area contributed by atoms with Gasteiger partial charge in [-0.25, -0.2) is 12.8 Å². The number of hydrogen-bond acceptors (Lipinski definition) is 4. The number of hydrogen-bond donors (Lipinski definition) is 1. The van der Waals surface area contributed by atoms with Gasteiger partial charge in [-0.3, -0.25) is 0 Å². The van der Waals surface area contributed by atoms with E-state index in [2.05, 4.69) is 0 Å². The van der Waals surface area contributed by atoms with Gasteiger partial charge in [-0.2, -0.15) is 15.6 Å². The second-order valence-electron chi connectivity index (χ2n) is 4.04. The number of nitrogen functional groups attached to an aromatic ring is 1. The maximum atomic E-state index is 13.3. The summed E-state index contributed by atoms with van der Waals surface area (Å²) in [5, 5.41) is 3.73. The molecule has 0 spiro atoms. The molecule has 0 saturated carbocycles. The molecule has 4 nitrogen and oxygen atoms in total. The number of thiophene rings is 1. The highest BCUT2D eigenvalue weighted by molar-refractivity contribution is 7.89. The highest BCUT2D eigenvalue weighted by Gasteiger charge is 2.24. The third-order valence-corrected chi connectivity index (χ3v) is 5.28. The first-order valence-corrected chi connectivity index (χ1v) is 7.82. The summed E-state index contributed by atoms with van der Waals surface area (Å²) in [7, 11) is -2.35. The minimum absolute atomic E-state index is 0.203. The van der Waals surface area contributed by atoms with Crippen molar-refractivity contribution >= 4 is 27.0 Å². The second kappa shape index (κ2) is 5.28. The summed E-state index contributed by atoms with van der Waals surface area (Å²) in [4.78, 5) is -0.203. The van der Waals surface area contributed by atoms with E-state index >= 15 is 0 Å². The number of nitrogens with zero attached hydrogens (tertiary/aromatic N) is 1. The standard InChI is InChI=1S/C12H13FN2O2S2/c1-15(7-9-5-6-18-8-9)19(16,17)11-4-2-3-10(13)12(11)14/h2-6,8H,7,14H2,1H3. The number of rotatable bonds is 4. The fourth-order valence-electron chi connectivity index (χ4n) is 1.63. The predicted molar refractivity (Wildman–Crippen MR) is 73.8 cm³/mol. The third kappa shape index (κ3) is 2.78. The first-order chi connectivity index (χ1) is 8.93. The van der Waals surface area contributed by atoms with Crippen LogP contribution in [0.25, 0.3) is 0 Å². The first kappa shape index (κ1) is 14.0. The number of halogens is 1. The van der Waals surface area contributed by atoms with Crippen molar-refractivity contribution in [2.24, 2.45) is 0 Å². The van der Waals surface area contributed by atoms with Gasteiger partial charge in [0.2, 0.25) is 10.0 Å². The van der Waals surface area contributed by atoms with Gasteiger partial charge in [-0.05, 0) is 34.5 Å². The maximum absolute atomic E-state index is 13.3. The van der Waals surface area contributed by atoms with Gasteiger partial charge in [0, 0.05) is 13.6 Å². The Labute approximate surface area is 115 Å². The van der Waals surface area contributed by atoms with Crippen LogP contribution in [0.15, 0.2) is 39.9 Å². The fraction of sp³-hybridized carbons (Fsp3) is 0.167. The van der Waals surface area contributed by atoms with Crippen molar-refractivity contribution in [1.29, 1.82) is 0 Å². The zero-order valence-electron chi connectivity index (χ0n) is 10.2. The van der Waals surface area contributed by atoms with Crippen LogP contribution in [0, 0.1) is 5.82 Å². The molecular formula is C12H13FN2O2S2. The van der Waals surface area contributed by atoms with Gasteiger partial charge in [0.05, 0.1) is 5.69 Å². The smallest absolute Gasteiger partial charge is 0.245 e. The van der Waals surface area contributed by atoms with E-state index in [0.29, 0.717) is 0 Å². The second-order valence-corrected chi connectivity index (χ2v) is 6.84. The molecule has 2 N–H and O–H groups in total. The zero-order chi connectivity index (χ0) is 14.0. The Bertz CT molecular complexity index is 669. The lowest BCUT2D eigenvalue weighted by Gasteiger charge is -2.17. The van der Waals surface area contributed by atoms with Crippen molar-refractivity contribution in [2.45, 2.75) is 11.4 Å². The molecule has 0 fully saturated rings. The molecule has 1 aromatic carbocycles. The molecule has 102 valence electrons. The summed E-state index contributed by atoms with van der Waals surface area (Å²) >= 11 is 1.49. The number of anilines is 1. The molecule has 0 aliphatic heterocycles. The number of sulfonamides is 1. The molecule has 2 rings (SSSR count). The van der Waals surface area contributed by atoms with Crippen molar-refractivity contribution in [1.82, 2.24) is 4.31 Å². The molecule has 0 radical (unpaired) electrons. The minimum Gasteiger partial charge on any atom is -0.395 e. The summed E-state index contributed by atoms with van der Waals surface area (Å²) in [6.45, 7) is 0.224. The molecule has 19 heavy (non-hydrogen) atoms. The van der Waals surface area contributed by atoms with E-state index in [1.807, 2.05) is 16.8 Å². The van der Waals surface area contributed by atoms with Crippen LogP contribution in [0.3, 0.4) is 0 Å². The van der Waals surface area contributed by atoms with Crippen LogP contribution >= 0.6 is 11.3 Å². The molecule has 0 amide bonds. The van der Waals surface area contributed by atoms with Crippen molar-refractivity contribution < 1.29 is 12.8 Å². The van der Waals surface area contributed by atoms with Gasteiger partial charge in [-0.15, -0.1) is 0 Å². The maximum Gasteiger partial charge on any atom is 0.245 e. The average molecular weight is 300 g/mol. The van der Waals surface area contributed by atoms with Gasteiger partial charge in [0.1, 0.15) is 10.7 Å². The molecule has 2 aromatic rings. The van der Waals surface area contributed by atoms with Crippen molar-refractivity contribution in [3.05, 3.63) is 46.4 Å². The quantitative estimate of drug-likeness (QED) is 0.881. The van der Waals surface area contributed by atoms with E-state index in [9.17, 15) is 12.8 Å². The van der Waals surface area contributed by atoms with E-state index in [1.54, 1.807) is 0 Å². The van der Waals surface area contributed by atoms with E-state index in [-0.39, 0.29) is 17.1 Å². The Morgan fingerprint density at radius 3 is 2.74 bits per heavy atom.